The van der Waals surface area contributed by atoms with Gasteiger partial charge in [-0.15, -0.1) is 5.10 Å². The number of nitrogens with one attached hydrogen (secondary N) is 1. The van der Waals surface area contributed by atoms with Crippen molar-refractivity contribution >= 4 is 28.8 Å². The Balaban J connectivity index is 1.49. The summed E-state index contributed by atoms with van der Waals surface area (Å²) in [5.41, 5.74) is 5.93. The number of hydrogen-bond acceptors (Lipinski definition) is 5. The Morgan fingerprint density at radius 1 is 1.23 bits per heavy atom. The monoisotopic (exact) mass is 427 g/mol. The lowest BCUT2D eigenvalue weighted by Gasteiger charge is -2.27. The fourth-order valence-electron chi connectivity index (χ4n) is 4.33. The van der Waals surface area contributed by atoms with E-state index < -0.39 is 12.1 Å². The molecule has 1 aliphatic heterocycles. The van der Waals surface area contributed by atoms with Gasteiger partial charge in [0.25, 0.3) is 5.88 Å². The summed E-state index contributed by atoms with van der Waals surface area (Å²) < 4.78 is 6.49. The van der Waals surface area contributed by atoms with Gasteiger partial charge in [0, 0.05) is 12.6 Å². The van der Waals surface area contributed by atoms with Crippen LogP contribution in [0.4, 0.5) is 4.79 Å². The zero-order valence-corrected chi connectivity index (χ0v) is 18.1. The van der Waals surface area contributed by atoms with E-state index in [1.807, 2.05) is 6.07 Å². The van der Waals surface area contributed by atoms with Gasteiger partial charge in [-0.25, -0.2) is 4.79 Å². The van der Waals surface area contributed by atoms with Crippen molar-refractivity contribution in [3.05, 3.63) is 24.3 Å². The average Bonchev–Trinajstić information content (AvgIpc) is 3.21. The molecule has 3 N–H and O–H groups in total. The van der Waals surface area contributed by atoms with E-state index in [2.05, 4.69) is 31.2 Å². The first-order chi connectivity index (χ1) is 14.6. The van der Waals surface area contributed by atoms with E-state index >= 15 is 0 Å². The number of hydrogen-bond donors (Lipinski definition) is 2. The van der Waals surface area contributed by atoms with Gasteiger partial charge in [0.2, 0.25) is 11.8 Å². The van der Waals surface area contributed by atoms with Crippen LogP contribution in [0.2, 0.25) is 0 Å². The van der Waals surface area contributed by atoms with E-state index in [1.165, 1.54) is 4.68 Å². The van der Waals surface area contributed by atoms with Gasteiger partial charge >= 0.3 is 6.09 Å². The number of carbonyl (C=O) groups excluding carboxylic acids is 3. The first kappa shape index (κ1) is 21.1. The molecule has 0 bridgehead atoms. The molecule has 2 heterocycles. The average molecular weight is 428 g/mol. The quantitative estimate of drug-likeness (QED) is 0.731. The van der Waals surface area contributed by atoms with Crippen molar-refractivity contribution in [1.29, 1.82) is 0 Å². The largest absolute Gasteiger partial charge is 0.411 e. The Kier molecular flexibility index (Phi) is 5.36. The maximum Gasteiger partial charge on any atom is 0.411 e. The van der Waals surface area contributed by atoms with Crippen LogP contribution in [-0.4, -0.2) is 51.2 Å². The van der Waals surface area contributed by atoms with Crippen molar-refractivity contribution in [3.63, 3.8) is 0 Å². The maximum atomic E-state index is 13.2. The zero-order valence-electron chi connectivity index (χ0n) is 18.1. The van der Waals surface area contributed by atoms with Gasteiger partial charge in [0.05, 0.1) is 10.9 Å². The molecule has 9 heteroatoms. The minimum absolute atomic E-state index is 0.0440. The number of piperidine rings is 1. The molecule has 3 atom stereocenters. The highest BCUT2D eigenvalue weighted by molar-refractivity contribution is 5.91. The first-order valence-electron chi connectivity index (χ1n) is 10.7. The number of rotatable bonds is 6. The number of aromatic nitrogens is 2. The summed E-state index contributed by atoms with van der Waals surface area (Å²) >= 11 is 0. The molecule has 1 saturated carbocycles. The Morgan fingerprint density at radius 3 is 2.68 bits per heavy atom. The molecule has 1 saturated heterocycles. The number of primary amides is 1. The molecule has 0 spiro atoms. The molecular formula is C22H29N5O4. The fraction of sp³-hybridized carbons (Fsp3) is 0.545. The summed E-state index contributed by atoms with van der Waals surface area (Å²) in [4.78, 5) is 39.0. The van der Waals surface area contributed by atoms with Crippen LogP contribution in [0.3, 0.4) is 0 Å². The molecular weight excluding hydrogens is 398 g/mol. The van der Waals surface area contributed by atoms with Crippen molar-refractivity contribution in [2.24, 2.45) is 17.1 Å². The highest BCUT2D eigenvalue weighted by Gasteiger charge is 2.55. The van der Waals surface area contributed by atoms with Gasteiger partial charge < -0.3 is 20.7 Å². The third kappa shape index (κ3) is 4.50. The summed E-state index contributed by atoms with van der Waals surface area (Å²) in [5.74, 6) is 0.205. The van der Waals surface area contributed by atoms with Gasteiger partial charge in [0.1, 0.15) is 12.6 Å². The van der Waals surface area contributed by atoms with Crippen molar-refractivity contribution in [3.8, 4) is 5.88 Å². The summed E-state index contributed by atoms with van der Waals surface area (Å²) in [6, 6.07) is 6.83. The molecule has 4 rings (SSSR count). The number of nitrogens with zero attached hydrogens (tertiary/aromatic N) is 3. The van der Waals surface area contributed by atoms with Crippen LogP contribution < -0.4 is 15.8 Å². The number of carbonyl (C=O) groups is 3. The Labute approximate surface area is 180 Å². The molecule has 0 radical (unpaired) electrons. The second kappa shape index (κ2) is 7.86. The zero-order chi connectivity index (χ0) is 22.3. The minimum Gasteiger partial charge on any atom is -0.389 e. The second-order valence-corrected chi connectivity index (χ2v) is 9.62. The fourth-order valence-corrected chi connectivity index (χ4v) is 4.33. The van der Waals surface area contributed by atoms with Crippen LogP contribution >= 0.6 is 0 Å². The molecule has 1 aromatic heterocycles. The molecule has 3 amide bonds. The van der Waals surface area contributed by atoms with E-state index in [4.69, 9.17) is 10.5 Å². The van der Waals surface area contributed by atoms with Crippen LogP contribution in [-0.2, 0) is 16.1 Å². The Bertz CT molecular complexity index is 1020. The predicted molar refractivity (Wildman–Crippen MR) is 114 cm³/mol. The highest BCUT2D eigenvalue weighted by Crippen LogP contribution is 2.48. The summed E-state index contributed by atoms with van der Waals surface area (Å²) in [6.07, 6.45) is 1.55. The third-order valence-electron chi connectivity index (χ3n) is 5.98. The number of amides is 3. The van der Waals surface area contributed by atoms with Crippen LogP contribution in [0, 0.1) is 11.3 Å². The molecule has 31 heavy (non-hydrogen) atoms. The van der Waals surface area contributed by atoms with E-state index in [0.29, 0.717) is 29.8 Å². The molecule has 1 aliphatic carbocycles. The van der Waals surface area contributed by atoms with Crippen LogP contribution in [0.5, 0.6) is 5.88 Å². The molecule has 2 fully saturated rings. The van der Waals surface area contributed by atoms with E-state index in [9.17, 15) is 14.4 Å². The van der Waals surface area contributed by atoms with Gasteiger partial charge in [-0.1, -0.05) is 32.9 Å². The molecule has 2 aromatic rings. The van der Waals surface area contributed by atoms with Crippen LogP contribution in [0.1, 0.15) is 40.0 Å². The number of likely N-dealkylation sites (tertiary alicyclic amines) is 1. The standard InChI is InChI=1S/C22H29N5O4/c1-22(2,3)8-9-24-19(29)17-11-13-10-16(13)27(17)18(28)12-26-15-7-5-4-6-14(15)20(25-26)31-21(23)30/h4-7,13,16-17H,8-12H2,1-3H3,(H2,23,30)(H,24,29)/t13-,16-,17+/m1/s1. The van der Waals surface area contributed by atoms with Gasteiger partial charge in [-0.2, -0.15) is 0 Å². The van der Waals surface area contributed by atoms with Gasteiger partial charge in [-0.3, -0.25) is 14.3 Å². The molecule has 9 nitrogen and oxygen atoms in total. The van der Waals surface area contributed by atoms with E-state index in [-0.39, 0.29) is 35.7 Å². The smallest absolute Gasteiger partial charge is 0.389 e. The lowest BCUT2D eigenvalue weighted by atomic mass is 9.92. The molecule has 166 valence electrons. The summed E-state index contributed by atoms with van der Waals surface area (Å²) in [5, 5.41) is 7.87. The minimum atomic E-state index is -0.964. The van der Waals surface area contributed by atoms with Crippen molar-refractivity contribution in [2.45, 2.75) is 58.7 Å². The number of para-hydroxylation sites is 1. The first-order valence-corrected chi connectivity index (χ1v) is 10.7. The second-order valence-electron chi connectivity index (χ2n) is 9.62. The topological polar surface area (TPSA) is 120 Å². The molecule has 1 aromatic carbocycles. The van der Waals surface area contributed by atoms with Crippen LogP contribution in [0.25, 0.3) is 10.9 Å². The molecule has 2 aliphatic rings. The predicted octanol–water partition coefficient (Wildman–Crippen LogP) is 2.04. The molecule has 0 unspecified atom stereocenters. The summed E-state index contributed by atoms with van der Waals surface area (Å²) in [6.45, 7) is 6.94. The van der Waals surface area contributed by atoms with Gasteiger partial charge in [0.15, 0.2) is 0 Å². The lowest BCUT2D eigenvalue weighted by Crippen LogP contribution is -2.49. The Morgan fingerprint density at radius 2 is 1.97 bits per heavy atom. The van der Waals surface area contributed by atoms with Crippen molar-refractivity contribution in [2.75, 3.05) is 6.54 Å². The Hall–Kier alpha value is -3.10. The number of nitrogens with two attached hydrogens (primary N) is 1. The lowest BCUT2D eigenvalue weighted by molar-refractivity contribution is -0.140. The number of ether oxygens (including phenoxy) is 1. The summed E-state index contributed by atoms with van der Waals surface area (Å²) in [7, 11) is 0. The maximum absolute atomic E-state index is 13.2. The third-order valence-corrected chi connectivity index (χ3v) is 5.98. The SMILES string of the molecule is CC(C)(C)CCNC(=O)[C@@H]1C[C@H]2C[C@H]2N1C(=O)Cn1nc(OC(N)=O)c2ccccc21. The van der Waals surface area contributed by atoms with Gasteiger partial charge in [-0.05, 0) is 42.7 Å². The van der Waals surface area contributed by atoms with E-state index in [1.54, 1.807) is 23.1 Å². The highest BCUT2D eigenvalue weighted by atomic mass is 16.6. The number of fused-ring (bicyclic) bond motifs is 2. The number of benzene rings is 1. The van der Waals surface area contributed by atoms with E-state index in [0.717, 1.165) is 12.8 Å². The van der Waals surface area contributed by atoms with Crippen LogP contribution in [0.15, 0.2) is 24.3 Å². The normalized spacial score (nSPS) is 22.3. The van der Waals surface area contributed by atoms with Crippen molar-refractivity contribution in [1.82, 2.24) is 20.0 Å². The van der Waals surface area contributed by atoms with Crippen molar-refractivity contribution < 1.29 is 19.1 Å².